The van der Waals surface area contributed by atoms with Gasteiger partial charge in [-0.15, -0.1) is 11.3 Å². The third-order valence-corrected chi connectivity index (χ3v) is 4.13. The average Bonchev–Trinajstić information content (AvgIpc) is 2.98. The van der Waals surface area contributed by atoms with Gasteiger partial charge in [0.1, 0.15) is 16.9 Å². The van der Waals surface area contributed by atoms with Crippen molar-refractivity contribution in [2.24, 2.45) is 0 Å². The lowest BCUT2D eigenvalue weighted by Crippen LogP contribution is -1.99. The first-order valence-corrected chi connectivity index (χ1v) is 7.28. The highest BCUT2D eigenvalue weighted by atomic mass is 32.1. The average molecular weight is 302 g/mol. The van der Waals surface area contributed by atoms with Gasteiger partial charge >= 0.3 is 5.97 Å². The predicted molar refractivity (Wildman–Crippen MR) is 82.1 cm³/mol. The molecule has 2 N–H and O–H groups in total. The van der Waals surface area contributed by atoms with Crippen molar-refractivity contribution in [1.82, 2.24) is 4.98 Å². The Morgan fingerprint density at radius 2 is 2.24 bits per heavy atom. The first kappa shape index (κ1) is 13.6. The lowest BCUT2D eigenvalue weighted by molar-refractivity contribution is 0.0697. The summed E-state index contributed by atoms with van der Waals surface area (Å²) in [7, 11) is 0. The number of rotatable bonds is 4. The molecule has 5 nitrogen and oxygen atoms in total. The van der Waals surface area contributed by atoms with Crippen LogP contribution in [0.5, 0.6) is 0 Å². The van der Waals surface area contributed by atoms with Gasteiger partial charge in [0.25, 0.3) is 0 Å². The Morgan fingerprint density at radius 1 is 1.43 bits per heavy atom. The molecule has 2 heterocycles. The van der Waals surface area contributed by atoms with E-state index in [1.165, 1.54) is 0 Å². The monoisotopic (exact) mass is 302 g/mol. The van der Waals surface area contributed by atoms with Gasteiger partial charge in [-0.3, -0.25) is 0 Å². The standard InChI is InChI=1S/C15H14N2O3S/c1-8-14(15(18)19)12-5-10(3-4-13(12)20-8)17-7-11-6-16-9(2)21-11/h3-6,17H,7H2,1-2H3,(H,18,19). The Bertz CT molecular complexity index is 820. The number of furan rings is 1. The summed E-state index contributed by atoms with van der Waals surface area (Å²) in [5.74, 6) is -0.547. The number of anilines is 1. The highest BCUT2D eigenvalue weighted by Crippen LogP contribution is 2.28. The second-order valence-corrected chi connectivity index (χ2v) is 6.07. The molecule has 0 atom stereocenters. The van der Waals surface area contributed by atoms with Crippen LogP contribution in [0, 0.1) is 13.8 Å². The fourth-order valence-electron chi connectivity index (χ4n) is 2.27. The number of hydrogen-bond acceptors (Lipinski definition) is 5. The third-order valence-electron chi connectivity index (χ3n) is 3.21. The molecule has 0 saturated carbocycles. The van der Waals surface area contributed by atoms with Crippen LogP contribution < -0.4 is 5.32 Å². The minimum Gasteiger partial charge on any atom is -0.478 e. The van der Waals surface area contributed by atoms with Crippen molar-refractivity contribution in [2.75, 3.05) is 5.32 Å². The molecule has 0 fully saturated rings. The van der Waals surface area contributed by atoms with E-state index in [2.05, 4.69) is 10.3 Å². The summed E-state index contributed by atoms with van der Waals surface area (Å²) in [6, 6.07) is 5.48. The van der Waals surface area contributed by atoms with E-state index in [0.29, 0.717) is 23.3 Å². The number of hydrogen-bond donors (Lipinski definition) is 2. The highest BCUT2D eigenvalue weighted by Gasteiger charge is 2.17. The number of nitrogens with zero attached hydrogens (tertiary/aromatic N) is 1. The van der Waals surface area contributed by atoms with Crippen molar-refractivity contribution in [1.29, 1.82) is 0 Å². The SMILES string of the molecule is Cc1ncc(CNc2ccc3oc(C)c(C(=O)O)c3c2)s1. The van der Waals surface area contributed by atoms with Crippen molar-refractivity contribution in [3.63, 3.8) is 0 Å². The normalized spacial score (nSPS) is 11.0. The molecule has 0 radical (unpaired) electrons. The maximum atomic E-state index is 11.3. The van der Waals surface area contributed by atoms with Crippen LogP contribution in [0.25, 0.3) is 11.0 Å². The van der Waals surface area contributed by atoms with E-state index in [1.54, 1.807) is 24.3 Å². The molecule has 3 rings (SSSR count). The molecule has 1 aromatic carbocycles. The number of aromatic nitrogens is 1. The van der Waals surface area contributed by atoms with Crippen LogP contribution in [0.4, 0.5) is 5.69 Å². The fraction of sp³-hybridized carbons (Fsp3) is 0.200. The summed E-state index contributed by atoms with van der Waals surface area (Å²) >= 11 is 1.64. The zero-order chi connectivity index (χ0) is 15.0. The first-order valence-electron chi connectivity index (χ1n) is 6.46. The van der Waals surface area contributed by atoms with Gasteiger partial charge in [-0.1, -0.05) is 0 Å². The zero-order valence-electron chi connectivity index (χ0n) is 11.6. The quantitative estimate of drug-likeness (QED) is 0.766. The van der Waals surface area contributed by atoms with Gasteiger partial charge in [0.2, 0.25) is 0 Å². The molecule has 0 aliphatic rings. The number of carbonyl (C=O) groups is 1. The molecule has 0 aliphatic heterocycles. The maximum Gasteiger partial charge on any atom is 0.339 e. The minimum absolute atomic E-state index is 0.224. The second-order valence-electron chi connectivity index (χ2n) is 4.75. The van der Waals surface area contributed by atoms with E-state index in [-0.39, 0.29) is 5.56 Å². The number of fused-ring (bicyclic) bond motifs is 1. The van der Waals surface area contributed by atoms with E-state index in [1.807, 2.05) is 25.3 Å². The van der Waals surface area contributed by atoms with E-state index in [4.69, 9.17) is 4.42 Å². The van der Waals surface area contributed by atoms with Gasteiger partial charge in [-0.2, -0.15) is 0 Å². The van der Waals surface area contributed by atoms with Crippen LogP contribution in [0.3, 0.4) is 0 Å². The number of thiazole rings is 1. The topological polar surface area (TPSA) is 75.4 Å². The smallest absolute Gasteiger partial charge is 0.339 e. The van der Waals surface area contributed by atoms with Crippen LogP contribution in [0.15, 0.2) is 28.8 Å². The molecular formula is C15H14N2O3S. The maximum absolute atomic E-state index is 11.3. The lowest BCUT2D eigenvalue weighted by Gasteiger charge is -2.04. The van der Waals surface area contributed by atoms with Gasteiger partial charge in [0, 0.05) is 22.1 Å². The Morgan fingerprint density at radius 3 is 2.90 bits per heavy atom. The summed E-state index contributed by atoms with van der Waals surface area (Å²) in [6.07, 6.45) is 1.84. The Hall–Kier alpha value is -2.34. The first-order chi connectivity index (χ1) is 10.0. The number of carboxylic acid groups (broad SMARTS) is 1. The number of carboxylic acids is 1. The fourth-order valence-corrected chi connectivity index (χ4v) is 3.01. The van der Waals surface area contributed by atoms with Crippen LogP contribution in [0.2, 0.25) is 0 Å². The molecule has 0 unspecified atom stereocenters. The van der Waals surface area contributed by atoms with Crippen molar-refractivity contribution in [2.45, 2.75) is 20.4 Å². The molecule has 0 amide bonds. The van der Waals surface area contributed by atoms with Crippen LogP contribution in [0.1, 0.15) is 26.0 Å². The van der Waals surface area contributed by atoms with E-state index in [0.717, 1.165) is 15.6 Å². The van der Waals surface area contributed by atoms with E-state index < -0.39 is 5.97 Å². The molecule has 0 bridgehead atoms. The molecule has 0 spiro atoms. The Kier molecular flexibility index (Phi) is 3.39. The molecule has 108 valence electrons. The number of benzene rings is 1. The van der Waals surface area contributed by atoms with Crippen LogP contribution in [-0.2, 0) is 6.54 Å². The molecule has 2 aromatic heterocycles. The number of aryl methyl sites for hydroxylation is 2. The largest absolute Gasteiger partial charge is 0.478 e. The molecular weight excluding hydrogens is 288 g/mol. The highest BCUT2D eigenvalue weighted by molar-refractivity contribution is 7.11. The summed E-state index contributed by atoms with van der Waals surface area (Å²) in [5, 5.41) is 14.2. The van der Waals surface area contributed by atoms with Crippen molar-refractivity contribution < 1.29 is 14.3 Å². The molecule has 21 heavy (non-hydrogen) atoms. The number of nitrogens with one attached hydrogen (secondary N) is 1. The second kappa shape index (κ2) is 5.21. The van der Waals surface area contributed by atoms with Gasteiger partial charge < -0.3 is 14.8 Å². The van der Waals surface area contributed by atoms with Gasteiger partial charge in [0.05, 0.1) is 11.6 Å². The van der Waals surface area contributed by atoms with Crippen LogP contribution >= 0.6 is 11.3 Å². The predicted octanol–water partition coefficient (Wildman–Crippen LogP) is 3.82. The van der Waals surface area contributed by atoms with E-state index in [9.17, 15) is 9.90 Å². The summed E-state index contributed by atoms with van der Waals surface area (Å²) in [4.78, 5) is 16.6. The molecule has 0 saturated heterocycles. The summed E-state index contributed by atoms with van der Waals surface area (Å²) < 4.78 is 5.46. The van der Waals surface area contributed by atoms with Crippen molar-refractivity contribution in [3.8, 4) is 0 Å². The third kappa shape index (κ3) is 2.62. The van der Waals surface area contributed by atoms with Crippen LogP contribution in [-0.4, -0.2) is 16.1 Å². The van der Waals surface area contributed by atoms with Crippen molar-refractivity contribution in [3.05, 3.63) is 45.6 Å². The molecule has 3 aromatic rings. The Labute approximate surface area is 125 Å². The summed E-state index contributed by atoms with van der Waals surface area (Å²) in [6.45, 7) is 4.29. The molecule has 0 aliphatic carbocycles. The minimum atomic E-state index is -0.971. The van der Waals surface area contributed by atoms with Gasteiger partial charge in [0.15, 0.2) is 0 Å². The van der Waals surface area contributed by atoms with E-state index >= 15 is 0 Å². The Balaban J connectivity index is 1.89. The van der Waals surface area contributed by atoms with Gasteiger partial charge in [-0.25, -0.2) is 9.78 Å². The molecule has 6 heteroatoms. The van der Waals surface area contributed by atoms with Gasteiger partial charge in [-0.05, 0) is 32.0 Å². The van der Waals surface area contributed by atoms with Crippen molar-refractivity contribution >= 4 is 34.0 Å². The summed E-state index contributed by atoms with van der Waals surface area (Å²) in [5.41, 5.74) is 1.67. The zero-order valence-corrected chi connectivity index (χ0v) is 12.5. The number of aromatic carboxylic acids is 1. The lowest BCUT2D eigenvalue weighted by atomic mass is 10.1.